The molecule has 1 amide bonds. The highest BCUT2D eigenvalue weighted by Crippen LogP contribution is 2.28. The predicted octanol–water partition coefficient (Wildman–Crippen LogP) is 3.69. The molecule has 6 heteroatoms. The van der Waals surface area contributed by atoms with Crippen molar-refractivity contribution in [1.82, 2.24) is 14.7 Å². The molecule has 0 N–H and O–H groups in total. The lowest BCUT2D eigenvalue weighted by molar-refractivity contribution is 0.0341. The van der Waals surface area contributed by atoms with Crippen LogP contribution in [0.25, 0.3) is 0 Å². The number of halogens is 1. The molecule has 0 radical (unpaired) electrons. The second kappa shape index (κ2) is 9.92. The molecule has 0 aromatic heterocycles. The summed E-state index contributed by atoms with van der Waals surface area (Å²) in [7, 11) is 0. The van der Waals surface area contributed by atoms with Gasteiger partial charge < -0.3 is 9.64 Å². The third kappa shape index (κ3) is 5.03. The van der Waals surface area contributed by atoms with Crippen LogP contribution in [0.4, 0.5) is 0 Å². The summed E-state index contributed by atoms with van der Waals surface area (Å²) < 4.78 is 5.43. The van der Waals surface area contributed by atoms with Crippen molar-refractivity contribution >= 4 is 17.5 Å². The smallest absolute Gasteiger partial charge is 0.253 e. The largest absolute Gasteiger partial charge is 0.379 e. The fraction of sp³-hybridized carbons (Fsp3) is 0.458. The van der Waals surface area contributed by atoms with E-state index in [1.807, 2.05) is 35.2 Å². The Balaban J connectivity index is 1.35. The molecule has 2 saturated heterocycles. The highest BCUT2D eigenvalue weighted by molar-refractivity contribution is 6.31. The van der Waals surface area contributed by atoms with Crippen LogP contribution in [0.15, 0.2) is 48.5 Å². The molecule has 5 nitrogen and oxygen atoms in total. The van der Waals surface area contributed by atoms with E-state index in [9.17, 15) is 4.79 Å². The molecule has 2 aromatic rings. The van der Waals surface area contributed by atoms with Gasteiger partial charge in [-0.1, -0.05) is 41.9 Å². The van der Waals surface area contributed by atoms with Crippen LogP contribution < -0.4 is 0 Å². The number of carbonyl (C=O) groups excluding carboxylic acids is 1. The molecule has 0 aliphatic carbocycles. The van der Waals surface area contributed by atoms with E-state index in [4.69, 9.17) is 16.3 Å². The van der Waals surface area contributed by atoms with Crippen molar-refractivity contribution in [2.75, 3.05) is 52.5 Å². The van der Waals surface area contributed by atoms with Crippen LogP contribution in [0.5, 0.6) is 0 Å². The van der Waals surface area contributed by atoms with E-state index >= 15 is 0 Å². The Morgan fingerprint density at radius 3 is 2.47 bits per heavy atom. The standard InChI is InChI=1S/C24H30ClN3O2/c1-19(22-7-2-3-8-23(22)25)27-9-11-28(12-10-27)24(29)21-6-4-5-20(17-21)18-26-13-15-30-16-14-26/h2-8,17,19H,9-16,18H2,1H3. The number of amides is 1. The topological polar surface area (TPSA) is 36.0 Å². The SMILES string of the molecule is CC(c1ccccc1Cl)N1CCN(C(=O)c2cccc(CN3CCOCC3)c2)CC1. The Kier molecular flexibility index (Phi) is 7.05. The number of ether oxygens (including phenoxy) is 1. The van der Waals surface area contributed by atoms with Crippen LogP contribution in [0.2, 0.25) is 5.02 Å². The van der Waals surface area contributed by atoms with E-state index in [-0.39, 0.29) is 11.9 Å². The molecule has 2 fully saturated rings. The highest BCUT2D eigenvalue weighted by atomic mass is 35.5. The maximum atomic E-state index is 13.1. The van der Waals surface area contributed by atoms with Gasteiger partial charge >= 0.3 is 0 Å². The Hall–Kier alpha value is -1.92. The molecule has 0 bridgehead atoms. The van der Waals surface area contributed by atoms with Gasteiger partial charge in [-0.25, -0.2) is 0 Å². The minimum Gasteiger partial charge on any atom is -0.379 e. The van der Waals surface area contributed by atoms with Crippen molar-refractivity contribution in [3.05, 3.63) is 70.2 Å². The number of rotatable bonds is 5. The fourth-order valence-corrected chi connectivity index (χ4v) is 4.62. The van der Waals surface area contributed by atoms with Crippen molar-refractivity contribution in [1.29, 1.82) is 0 Å². The second-order valence-electron chi connectivity index (χ2n) is 8.11. The zero-order chi connectivity index (χ0) is 20.9. The van der Waals surface area contributed by atoms with Gasteiger partial charge in [0.15, 0.2) is 0 Å². The predicted molar refractivity (Wildman–Crippen MR) is 120 cm³/mol. The number of carbonyl (C=O) groups is 1. The van der Waals surface area contributed by atoms with E-state index < -0.39 is 0 Å². The first kappa shape index (κ1) is 21.3. The summed E-state index contributed by atoms with van der Waals surface area (Å²) in [5.41, 5.74) is 3.12. The van der Waals surface area contributed by atoms with E-state index in [0.717, 1.165) is 75.2 Å². The molecule has 2 aromatic carbocycles. The van der Waals surface area contributed by atoms with Crippen molar-refractivity contribution in [2.24, 2.45) is 0 Å². The summed E-state index contributed by atoms with van der Waals surface area (Å²) in [6, 6.07) is 16.4. The number of hydrogen-bond donors (Lipinski definition) is 0. The molecular weight excluding hydrogens is 398 g/mol. The maximum absolute atomic E-state index is 13.1. The summed E-state index contributed by atoms with van der Waals surface area (Å²) in [5, 5.41) is 0.806. The third-order valence-electron chi connectivity index (χ3n) is 6.19. The van der Waals surface area contributed by atoms with Crippen LogP contribution in [0.1, 0.15) is 34.5 Å². The number of hydrogen-bond acceptors (Lipinski definition) is 4. The maximum Gasteiger partial charge on any atom is 0.253 e. The number of benzene rings is 2. The second-order valence-corrected chi connectivity index (χ2v) is 8.52. The van der Waals surface area contributed by atoms with E-state index in [0.29, 0.717) is 0 Å². The van der Waals surface area contributed by atoms with E-state index in [2.05, 4.69) is 34.9 Å². The van der Waals surface area contributed by atoms with Gasteiger partial charge in [-0.15, -0.1) is 0 Å². The van der Waals surface area contributed by atoms with Crippen LogP contribution in [0, 0.1) is 0 Å². The lowest BCUT2D eigenvalue weighted by Crippen LogP contribution is -2.49. The molecule has 160 valence electrons. The van der Waals surface area contributed by atoms with E-state index in [1.165, 1.54) is 5.56 Å². The quantitative estimate of drug-likeness (QED) is 0.729. The van der Waals surface area contributed by atoms with Gasteiger partial charge in [0.2, 0.25) is 0 Å². The molecule has 2 aliphatic rings. The first-order chi connectivity index (χ1) is 14.6. The lowest BCUT2D eigenvalue weighted by Gasteiger charge is -2.38. The molecule has 4 rings (SSSR count). The minimum absolute atomic E-state index is 0.129. The summed E-state index contributed by atoms with van der Waals surface area (Å²) in [6.07, 6.45) is 0. The normalized spacial score (nSPS) is 19.6. The summed E-state index contributed by atoms with van der Waals surface area (Å²) in [5.74, 6) is 0.129. The number of nitrogens with zero attached hydrogens (tertiary/aromatic N) is 3. The first-order valence-electron chi connectivity index (χ1n) is 10.8. The number of morpholine rings is 1. The summed E-state index contributed by atoms with van der Waals surface area (Å²) in [6.45, 7) is 9.71. The van der Waals surface area contributed by atoms with Crippen molar-refractivity contribution in [3.8, 4) is 0 Å². The van der Waals surface area contributed by atoms with Gasteiger partial charge in [-0.3, -0.25) is 14.6 Å². The molecular formula is C24H30ClN3O2. The van der Waals surface area contributed by atoms with Crippen molar-refractivity contribution in [2.45, 2.75) is 19.5 Å². The zero-order valence-electron chi connectivity index (χ0n) is 17.6. The lowest BCUT2D eigenvalue weighted by atomic mass is 10.1. The van der Waals surface area contributed by atoms with Gasteiger partial charge in [-0.05, 0) is 36.2 Å². The Morgan fingerprint density at radius 2 is 1.73 bits per heavy atom. The molecule has 1 atom stereocenters. The average molecular weight is 428 g/mol. The fourth-order valence-electron chi connectivity index (χ4n) is 4.33. The molecule has 0 saturated carbocycles. The summed E-state index contributed by atoms with van der Waals surface area (Å²) in [4.78, 5) is 19.9. The van der Waals surface area contributed by atoms with Gasteiger partial charge in [0.1, 0.15) is 0 Å². The molecule has 0 spiro atoms. The Bertz CT molecular complexity index is 861. The van der Waals surface area contributed by atoms with Crippen LogP contribution in [-0.2, 0) is 11.3 Å². The Labute approximate surface area is 184 Å². The monoisotopic (exact) mass is 427 g/mol. The molecule has 1 unspecified atom stereocenters. The highest BCUT2D eigenvalue weighted by Gasteiger charge is 2.26. The van der Waals surface area contributed by atoms with Crippen LogP contribution in [-0.4, -0.2) is 73.1 Å². The first-order valence-corrected chi connectivity index (χ1v) is 11.2. The van der Waals surface area contributed by atoms with E-state index in [1.54, 1.807) is 0 Å². The Morgan fingerprint density at radius 1 is 1.00 bits per heavy atom. The van der Waals surface area contributed by atoms with Gasteiger partial charge in [0, 0.05) is 62.4 Å². The summed E-state index contributed by atoms with van der Waals surface area (Å²) >= 11 is 6.38. The van der Waals surface area contributed by atoms with Gasteiger partial charge in [-0.2, -0.15) is 0 Å². The number of piperazine rings is 1. The van der Waals surface area contributed by atoms with Crippen molar-refractivity contribution in [3.63, 3.8) is 0 Å². The minimum atomic E-state index is 0.129. The third-order valence-corrected chi connectivity index (χ3v) is 6.53. The van der Waals surface area contributed by atoms with Gasteiger partial charge in [0.25, 0.3) is 5.91 Å². The van der Waals surface area contributed by atoms with Crippen LogP contribution >= 0.6 is 11.6 Å². The average Bonchev–Trinajstić information content (AvgIpc) is 2.79. The van der Waals surface area contributed by atoms with Crippen LogP contribution in [0.3, 0.4) is 0 Å². The van der Waals surface area contributed by atoms with Gasteiger partial charge in [0.05, 0.1) is 13.2 Å². The van der Waals surface area contributed by atoms with Crippen molar-refractivity contribution < 1.29 is 9.53 Å². The molecule has 2 heterocycles. The molecule has 2 aliphatic heterocycles. The zero-order valence-corrected chi connectivity index (χ0v) is 18.4. The molecule has 30 heavy (non-hydrogen) atoms.